The number of halogens is 3. The van der Waals surface area contributed by atoms with Crippen molar-refractivity contribution < 1.29 is 18.0 Å². The molecule has 4 rings (SSSR count). The predicted octanol–water partition coefficient (Wildman–Crippen LogP) is 3.32. The first kappa shape index (κ1) is 16.7. The van der Waals surface area contributed by atoms with Gasteiger partial charge in [-0.1, -0.05) is 30.3 Å². The number of hydrogen-bond donors (Lipinski definition) is 0. The van der Waals surface area contributed by atoms with Crippen molar-refractivity contribution in [2.75, 3.05) is 19.6 Å². The normalized spacial score (nSPS) is 29.4. The highest BCUT2D eigenvalue weighted by atomic mass is 79.9. The van der Waals surface area contributed by atoms with Crippen LogP contribution in [0.15, 0.2) is 51.6 Å². The fourth-order valence-corrected chi connectivity index (χ4v) is 4.09. The van der Waals surface area contributed by atoms with Gasteiger partial charge in [-0.3, -0.25) is 9.69 Å². The van der Waals surface area contributed by atoms with Crippen LogP contribution in [0, 0.1) is 0 Å². The number of nitrogens with zero attached hydrogens (tertiary/aromatic N) is 2. The molecule has 0 radical (unpaired) electrons. The van der Waals surface area contributed by atoms with Gasteiger partial charge in [0, 0.05) is 19.6 Å². The molecule has 4 nitrogen and oxygen atoms in total. The molecule has 0 aliphatic carbocycles. The largest absolute Gasteiger partial charge is 0.453 e. The minimum absolute atomic E-state index is 0.126. The number of carbonyl (C=O) groups is 1. The number of hydrogen-bond acceptors (Lipinski definition) is 3. The van der Waals surface area contributed by atoms with Gasteiger partial charge in [0.2, 0.25) is 5.67 Å². The Balaban J connectivity index is 1.49. The fraction of sp³-hybridized carbons (Fsp3) is 0.389. The Morgan fingerprint density at radius 1 is 1.04 bits per heavy atom. The minimum Gasteiger partial charge on any atom is -0.453 e. The zero-order valence-corrected chi connectivity index (χ0v) is 15.0. The maximum Gasteiger partial charge on any atom is 0.265 e. The van der Waals surface area contributed by atoms with Gasteiger partial charge in [-0.2, -0.15) is 0 Å². The lowest BCUT2D eigenvalue weighted by molar-refractivity contribution is -0.139. The summed E-state index contributed by atoms with van der Waals surface area (Å²) in [5.74, 6) is -0.158. The van der Waals surface area contributed by atoms with E-state index in [0.717, 1.165) is 5.56 Å². The van der Waals surface area contributed by atoms with Crippen LogP contribution in [0.2, 0.25) is 0 Å². The second kappa shape index (κ2) is 5.92. The lowest BCUT2D eigenvalue weighted by Crippen LogP contribution is -2.47. The Bertz CT molecular complexity index is 799. The molecular formula is C18H17BrF2N2O2. The van der Waals surface area contributed by atoms with Gasteiger partial charge in [-0.15, -0.1) is 0 Å². The number of amides is 1. The summed E-state index contributed by atoms with van der Waals surface area (Å²) >= 11 is 3.21. The third-order valence-electron chi connectivity index (χ3n) is 4.92. The van der Waals surface area contributed by atoms with Crippen LogP contribution < -0.4 is 0 Å². The molecule has 2 aromatic rings. The smallest absolute Gasteiger partial charge is 0.265 e. The Kier molecular flexibility index (Phi) is 3.96. The van der Waals surface area contributed by atoms with E-state index in [2.05, 4.69) is 15.9 Å². The van der Waals surface area contributed by atoms with E-state index in [-0.39, 0.29) is 32.7 Å². The van der Waals surface area contributed by atoms with Crippen molar-refractivity contribution in [1.82, 2.24) is 9.80 Å². The molecule has 2 fully saturated rings. The Labute approximate surface area is 152 Å². The summed E-state index contributed by atoms with van der Waals surface area (Å²) in [5, 5.41) is 0. The first-order valence-electron chi connectivity index (χ1n) is 8.07. The highest BCUT2D eigenvalue weighted by molar-refractivity contribution is 9.10. The van der Waals surface area contributed by atoms with E-state index in [1.54, 1.807) is 17.0 Å². The summed E-state index contributed by atoms with van der Waals surface area (Å²) in [7, 11) is 0. The Hall–Kier alpha value is -1.73. The molecule has 0 N–H and O–H groups in total. The van der Waals surface area contributed by atoms with Crippen molar-refractivity contribution in [3.8, 4) is 0 Å². The van der Waals surface area contributed by atoms with Gasteiger partial charge in [0.1, 0.15) is 5.76 Å². The molecule has 0 spiro atoms. The molecule has 1 aromatic heterocycles. The van der Waals surface area contributed by atoms with E-state index in [4.69, 9.17) is 4.42 Å². The van der Waals surface area contributed by atoms with Gasteiger partial charge in [0.05, 0.1) is 13.1 Å². The van der Waals surface area contributed by atoms with E-state index < -0.39 is 17.2 Å². The van der Waals surface area contributed by atoms with Gasteiger partial charge in [0.15, 0.2) is 10.3 Å². The predicted molar refractivity (Wildman–Crippen MR) is 91.2 cm³/mol. The van der Waals surface area contributed by atoms with Crippen LogP contribution in [-0.2, 0) is 17.9 Å². The molecule has 0 unspecified atom stereocenters. The molecule has 2 saturated heterocycles. The lowest BCUT2D eigenvalue weighted by Gasteiger charge is -2.22. The number of alkyl halides is 2. The van der Waals surface area contributed by atoms with Crippen LogP contribution >= 0.6 is 15.9 Å². The average Bonchev–Trinajstić information content (AvgIpc) is 3.13. The van der Waals surface area contributed by atoms with Crippen LogP contribution in [-0.4, -0.2) is 46.7 Å². The van der Waals surface area contributed by atoms with Crippen molar-refractivity contribution in [3.63, 3.8) is 0 Å². The Morgan fingerprint density at radius 2 is 1.80 bits per heavy atom. The van der Waals surface area contributed by atoms with E-state index in [1.807, 2.05) is 30.3 Å². The molecule has 132 valence electrons. The average molecular weight is 411 g/mol. The number of carbonyl (C=O) groups excluding carboxylic acids is 1. The molecule has 0 saturated carbocycles. The molecule has 2 atom stereocenters. The summed E-state index contributed by atoms with van der Waals surface area (Å²) in [6.45, 7) is -0.114. The quantitative estimate of drug-likeness (QED) is 0.775. The summed E-state index contributed by atoms with van der Waals surface area (Å²) in [4.78, 5) is 15.5. The van der Waals surface area contributed by atoms with Crippen molar-refractivity contribution in [3.05, 3.63) is 58.5 Å². The van der Waals surface area contributed by atoms with E-state index >= 15 is 8.78 Å². The van der Waals surface area contributed by atoms with Crippen LogP contribution in [0.25, 0.3) is 0 Å². The molecule has 3 heterocycles. The molecular weight excluding hydrogens is 394 g/mol. The lowest BCUT2D eigenvalue weighted by atomic mass is 9.93. The number of benzene rings is 1. The van der Waals surface area contributed by atoms with Gasteiger partial charge >= 0.3 is 0 Å². The topological polar surface area (TPSA) is 36.7 Å². The molecule has 1 aromatic carbocycles. The maximum absolute atomic E-state index is 15.3. The van der Waals surface area contributed by atoms with Gasteiger partial charge in [0.25, 0.3) is 5.91 Å². The SMILES string of the molecule is O=C1N(Cc2ccccc2)C[C@@]2(F)CN(Cc3ccc(Br)o3)C[C@@]12F. The molecule has 2 aliphatic heterocycles. The van der Waals surface area contributed by atoms with E-state index in [9.17, 15) is 4.79 Å². The molecule has 2 aliphatic rings. The molecule has 7 heteroatoms. The van der Waals surface area contributed by atoms with Gasteiger partial charge in [-0.25, -0.2) is 8.78 Å². The second-order valence-electron chi connectivity index (χ2n) is 6.76. The third-order valence-corrected chi connectivity index (χ3v) is 5.34. The summed E-state index contributed by atoms with van der Waals surface area (Å²) in [6, 6.07) is 12.7. The Morgan fingerprint density at radius 3 is 2.44 bits per heavy atom. The summed E-state index contributed by atoms with van der Waals surface area (Å²) in [5.41, 5.74) is -3.82. The van der Waals surface area contributed by atoms with Gasteiger partial charge < -0.3 is 9.32 Å². The highest BCUT2D eigenvalue weighted by Crippen LogP contribution is 2.46. The van der Waals surface area contributed by atoms with Crippen molar-refractivity contribution >= 4 is 21.8 Å². The van der Waals surface area contributed by atoms with Crippen molar-refractivity contribution in [1.29, 1.82) is 0 Å². The minimum atomic E-state index is -2.49. The number of likely N-dealkylation sites (tertiary alicyclic amines) is 2. The van der Waals surface area contributed by atoms with Crippen molar-refractivity contribution in [2.24, 2.45) is 0 Å². The first-order chi connectivity index (χ1) is 11.9. The number of fused-ring (bicyclic) bond motifs is 1. The first-order valence-corrected chi connectivity index (χ1v) is 8.87. The number of rotatable bonds is 4. The zero-order chi connectivity index (χ0) is 17.7. The molecule has 0 bridgehead atoms. The maximum atomic E-state index is 15.3. The third kappa shape index (κ3) is 2.79. The molecule has 25 heavy (non-hydrogen) atoms. The van der Waals surface area contributed by atoms with Gasteiger partial charge in [-0.05, 0) is 33.6 Å². The monoisotopic (exact) mass is 410 g/mol. The van der Waals surface area contributed by atoms with Crippen LogP contribution in [0.3, 0.4) is 0 Å². The summed E-state index contributed by atoms with van der Waals surface area (Å²) in [6.07, 6.45) is 0. The second-order valence-corrected chi connectivity index (χ2v) is 7.55. The standard InChI is InChI=1S/C18H17BrF2N2O2/c19-15-7-6-14(25-15)9-22-10-17(20)11-23(16(24)18(17,21)12-22)8-13-4-2-1-3-5-13/h1-7H,8-12H2/t17-,18+/m0/s1. The van der Waals surface area contributed by atoms with E-state index in [0.29, 0.717) is 10.4 Å². The van der Waals surface area contributed by atoms with E-state index in [1.165, 1.54) is 4.90 Å². The fourth-order valence-electron chi connectivity index (χ4n) is 3.75. The van der Waals surface area contributed by atoms with Crippen LogP contribution in [0.1, 0.15) is 11.3 Å². The summed E-state index contributed by atoms with van der Waals surface area (Å²) < 4.78 is 36.6. The van der Waals surface area contributed by atoms with Crippen LogP contribution in [0.4, 0.5) is 8.78 Å². The number of furan rings is 1. The highest BCUT2D eigenvalue weighted by Gasteiger charge is 2.70. The zero-order valence-electron chi connectivity index (χ0n) is 13.4. The molecule has 1 amide bonds. The van der Waals surface area contributed by atoms with Crippen LogP contribution in [0.5, 0.6) is 0 Å². The van der Waals surface area contributed by atoms with Crippen molar-refractivity contribution in [2.45, 2.75) is 24.4 Å².